The number of aromatic nitrogens is 1. The average molecular weight is 218 g/mol. The molecule has 1 heterocycles. The second-order valence-corrected chi connectivity index (χ2v) is 3.03. The standard InChI is InChI=1S/C8H8ClNO4/c9-5-1-2-10-3-4(5)6(11)7(12)8(13)14/h1-3,6-7,11-12H,(H,13,14). The Morgan fingerprint density at radius 2 is 2.14 bits per heavy atom. The van der Waals surface area contributed by atoms with Crippen LogP contribution < -0.4 is 0 Å². The number of hydrogen-bond donors (Lipinski definition) is 3. The van der Waals surface area contributed by atoms with Crippen LogP contribution in [0.5, 0.6) is 0 Å². The maximum atomic E-state index is 10.4. The van der Waals surface area contributed by atoms with Crippen LogP contribution >= 0.6 is 11.6 Å². The van der Waals surface area contributed by atoms with Crippen LogP contribution in [0.4, 0.5) is 0 Å². The predicted octanol–water partition coefficient (Wildman–Crippen LogP) is 0.214. The van der Waals surface area contributed by atoms with E-state index in [1.54, 1.807) is 0 Å². The molecule has 0 saturated carbocycles. The molecule has 0 saturated heterocycles. The topological polar surface area (TPSA) is 90.7 Å². The monoisotopic (exact) mass is 217 g/mol. The van der Waals surface area contributed by atoms with Gasteiger partial charge in [0.1, 0.15) is 6.10 Å². The van der Waals surface area contributed by atoms with Gasteiger partial charge in [-0.1, -0.05) is 11.6 Å². The molecule has 0 radical (unpaired) electrons. The summed E-state index contributed by atoms with van der Waals surface area (Å²) in [7, 11) is 0. The first-order valence-corrected chi connectivity index (χ1v) is 4.10. The molecule has 3 N–H and O–H groups in total. The highest BCUT2D eigenvalue weighted by Crippen LogP contribution is 2.23. The van der Waals surface area contributed by atoms with E-state index in [9.17, 15) is 9.90 Å². The summed E-state index contributed by atoms with van der Waals surface area (Å²) in [5.41, 5.74) is 0.0871. The SMILES string of the molecule is O=C(O)C(O)C(O)c1cnccc1Cl. The zero-order valence-electron chi connectivity index (χ0n) is 6.96. The molecule has 76 valence electrons. The number of aliphatic hydroxyl groups excluding tert-OH is 2. The van der Waals surface area contributed by atoms with Crippen LogP contribution in [0, 0.1) is 0 Å². The Bertz CT molecular complexity index is 344. The van der Waals surface area contributed by atoms with E-state index in [4.69, 9.17) is 21.8 Å². The summed E-state index contributed by atoms with van der Waals surface area (Å²) in [4.78, 5) is 14.0. The van der Waals surface area contributed by atoms with Gasteiger partial charge in [0.05, 0.1) is 0 Å². The van der Waals surface area contributed by atoms with Crippen molar-refractivity contribution in [2.75, 3.05) is 0 Å². The summed E-state index contributed by atoms with van der Waals surface area (Å²) in [6.07, 6.45) is -0.879. The van der Waals surface area contributed by atoms with Crippen LogP contribution in [0.25, 0.3) is 0 Å². The van der Waals surface area contributed by atoms with Crippen molar-refractivity contribution < 1.29 is 20.1 Å². The van der Waals surface area contributed by atoms with E-state index < -0.39 is 18.2 Å². The Morgan fingerprint density at radius 3 is 2.64 bits per heavy atom. The zero-order valence-corrected chi connectivity index (χ0v) is 7.72. The van der Waals surface area contributed by atoms with E-state index in [1.807, 2.05) is 0 Å². The molecule has 1 aromatic heterocycles. The summed E-state index contributed by atoms with van der Waals surface area (Å²) in [5.74, 6) is -1.52. The molecule has 0 amide bonds. The predicted molar refractivity (Wildman–Crippen MR) is 47.8 cm³/mol. The molecule has 6 heteroatoms. The Balaban J connectivity index is 2.94. The van der Waals surface area contributed by atoms with Crippen molar-refractivity contribution in [3.63, 3.8) is 0 Å². The molecule has 2 unspecified atom stereocenters. The van der Waals surface area contributed by atoms with Gasteiger partial charge < -0.3 is 15.3 Å². The quantitative estimate of drug-likeness (QED) is 0.674. The first kappa shape index (κ1) is 10.9. The molecular formula is C8H8ClNO4. The van der Waals surface area contributed by atoms with Crippen molar-refractivity contribution in [1.82, 2.24) is 4.98 Å². The zero-order chi connectivity index (χ0) is 10.7. The summed E-state index contributed by atoms with van der Waals surface area (Å²) in [5, 5.41) is 27.0. The van der Waals surface area contributed by atoms with Gasteiger partial charge in [0, 0.05) is 23.0 Å². The normalized spacial score (nSPS) is 14.8. The first-order chi connectivity index (χ1) is 6.54. The van der Waals surface area contributed by atoms with Crippen molar-refractivity contribution in [1.29, 1.82) is 0 Å². The highest BCUT2D eigenvalue weighted by molar-refractivity contribution is 6.31. The van der Waals surface area contributed by atoms with Crippen LogP contribution in [0.1, 0.15) is 11.7 Å². The van der Waals surface area contributed by atoms with Gasteiger partial charge in [-0.25, -0.2) is 4.79 Å². The highest BCUT2D eigenvalue weighted by atomic mass is 35.5. The van der Waals surface area contributed by atoms with Gasteiger partial charge in [-0.15, -0.1) is 0 Å². The lowest BCUT2D eigenvalue weighted by Gasteiger charge is -2.14. The smallest absolute Gasteiger partial charge is 0.335 e. The number of carbonyl (C=O) groups is 1. The molecule has 1 aromatic rings. The second-order valence-electron chi connectivity index (χ2n) is 2.63. The number of halogens is 1. The first-order valence-electron chi connectivity index (χ1n) is 3.72. The third-order valence-corrected chi connectivity index (χ3v) is 2.01. The Hall–Kier alpha value is -1.17. The summed E-state index contributed by atoms with van der Waals surface area (Å²) >= 11 is 5.66. The Labute approximate surface area is 84.6 Å². The minimum atomic E-state index is -1.91. The Kier molecular flexibility index (Phi) is 3.40. The lowest BCUT2D eigenvalue weighted by Crippen LogP contribution is -2.27. The van der Waals surface area contributed by atoms with Crippen LogP contribution in [0.15, 0.2) is 18.5 Å². The largest absolute Gasteiger partial charge is 0.479 e. The fourth-order valence-corrected chi connectivity index (χ4v) is 1.13. The maximum absolute atomic E-state index is 10.4. The number of pyridine rings is 1. The fraction of sp³-hybridized carbons (Fsp3) is 0.250. The van der Waals surface area contributed by atoms with Gasteiger partial charge in [-0.2, -0.15) is 0 Å². The lowest BCUT2D eigenvalue weighted by atomic mass is 10.1. The van der Waals surface area contributed by atoms with E-state index in [2.05, 4.69) is 4.98 Å². The number of aliphatic carboxylic acids is 1. The number of aliphatic hydroxyl groups is 2. The average Bonchev–Trinajstić information content (AvgIpc) is 2.16. The fourth-order valence-electron chi connectivity index (χ4n) is 0.912. The van der Waals surface area contributed by atoms with E-state index >= 15 is 0 Å². The molecule has 0 aromatic carbocycles. The molecule has 0 spiro atoms. The molecule has 0 fully saturated rings. The van der Waals surface area contributed by atoms with Crippen molar-refractivity contribution >= 4 is 17.6 Å². The van der Waals surface area contributed by atoms with Gasteiger partial charge in [0.2, 0.25) is 0 Å². The van der Waals surface area contributed by atoms with Gasteiger partial charge in [-0.3, -0.25) is 4.98 Å². The van der Waals surface area contributed by atoms with Gasteiger partial charge in [-0.05, 0) is 6.07 Å². The van der Waals surface area contributed by atoms with E-state index in [-0.39, 0.29) is 10.6 Å². The molecule has 2 atom stereocenters. The Morgan fingerprint density at radius 1 is 1.50 bits per heavy atom. The third-order valence-electron chi connectivity index (χ3n) is 1.67. The highest BCUT2D eigenvalue weighted by Gasteiger charge is 2.26. The molecule has 5 nitrogen and oxygen atoms in total. The third kappa shape index (κ3) is 2.20. The van der Waals surface area contributed by atoms with Crippen molar-refractivity contribution in [3.05, 3.63) is 29.0 Å². The molecule has 0 aliphatic rings. The molecule has 0 aliphatic heterocycles. The summed E-state index contributed by atoms with van der Waals surface area (Å²) < 4.78 is 0. The van der Waals surface area contributed by atoms with Crippen molar-refractivity contribution in [2.24, 2.45) is 0 Å². The minimum Gasteiger partial charge on any atom is -0.479 e. The van der Waals surface area contributed by atoms with Crippen LogP contribution in [0.3, 0.4) is 0 Å². The van der Waals surface area contributed by atoms with Gasteiger partial charge in [0.15, 0.2) is 6.10 Å². The molecule has 14 heavy (non-hydrogen) atoms. The maximum Gasteiger partial charge on any atom is 0.335 e. The second kappa shape index (κ2) is 4.36. The number of carboxylic acid groups (broad SMARTS) is 1. The number of nitrogens with zero attached hydrogens (tertiary/aromatic N) is 1. The van der Waals surface area contributed by atoms with Crippen molar-refractivity contribution in [2.45, 2.75) is 12.2 Å². The lowest BCUT2D eigenvalue weighted by molar-refractivity contribution is -0.153. The van der Waals surface area contributed by atoms with E-state index in [1.165, 1.54) is 18.5 Å². The van der Waals surface area contributed by atoms with E-state index in [0.29, 0.717) is 0 Å². The number of carboxylic acids is 1. The van der Waals surface area contributed by atoms with Gasteiger partial charge in [0.25, 0.3) is 0 Å². The number of rotatable bonds is 3. The van der Waals surface area contributed by atoms with Crippen molar-refractivity contribution in [3.8, 4) is 0 Å². The minimum absolute atomic E-state index is 0.0871. The molecule has 1 rings (SSSR count). The molecule has 0 aliphatic carbocycles. The number of hydrogen-bond acceptors (Lipinski definition) is 4. The molecular weight excluding hydrogens is 210 g/mol. The van der Waals surface area contributed by atoms with Crippen LogP contribution in [-0.2, 0) is 4.79 Å². The summed E-state index contributed by atoms with van der Waals surface area (Å²) in [6.45, 7) is 0. The van der Waals surface area contributed by atoms with Crippen LogP contribution in [0.2, 0.25) is 5.02 Å². The van der Waals surface area contributed by atoms with E-state index in [0.717, 1.165) is 0 Å². The van der Waals surface area contributed by atoms with Gasteiger partial charge >= 0.3 is 5.97 Å². The van der Waals surface area contributed by atoms with Crippen LogP contribution in [-0.4, -0.2) is 32.4 Å². The molecule has 0 bridgehead atoms. The summed E-state index contributed by atoms with van der Waals surface area (Å²) in [6, 6.07) is 1.40.